The van der Waals surface area contributed by atoms with Gasteiger partial charge in [-0.05, 0) is 36.8 Å². The average molecular weight is 404 g/mol. The van der Waals surface area contributed by atoms with Gasteiger partial charge in [-0.25, -0.2) is 12.7 Å². The molecule has 0 saturated heterocycles. The van der Waals surface area contributed by atoms with E-state index in [1.54, 1.807) is 12.1 Å². The third kappa shape index (κ3) is 4.51. The van der Waals surface area contributed by atoms with Crippen molar-refractivity contribution >= 4 is 38.5 Å². The molecule has 0 aliphatic carbocycles. The minimum Gasteiger partial charge on any atom is -0.326 e. The van der Waals surface area contributed by atoms with Gasteiger partial charge in [0.25, 0.3) is 10.0 Å². The van der Waals surface area contributed by atoms with Crippen LogP contribution >= 0.6 is 11.8 Å². The summed E-state index contributed by atoms with van der Waals surface area (Å²) in [5, 5.41) is 3.23. The molecule has 1 amide bonds. The van der Waals surface area contributed by atoms with E-state index in [1.165, 1.54) is 35.1 Å². The topological polar surface area (TPSA) is 78.8 Å². The third-order valence-corrected chi connectivity index (χ3v) is 7.18. The van der Waals surface area contributed by atoms with Crippen LogP contribution in [0.5, 0.6) is 0 Å². The van der Waals surface area contributed by atoms with Crippen LogP contribution in [0.3, 0.4) is 0 Å². The van der Waals surface area contributed by atoms with E-state index in [0.29, 0.717) is 23.9 Å². The fourth-order valence-corrected chi connectivity index (χ4v) is 5.45. The van der Waals surface area contributed by atoms with Crippen LogP contribution in [0.4, 0.5) is 5.69 Å². The normalized spacial score (nSPS) is 15.3. The molecule has 1 atom stereocenters. The number of carbonyl (C=O) groups excluding carboxylic acids is 1. The second-order valence-electron chi connectivity index (χ2n) is 6.12. The molecule has 1 aliphatic rings. The number of benzene rings is 2. The minimum atomic E-state index is -3.69. The van der Waals surface area contributed by atoms with Gasteiger partial charge in [-0.1, -0.05) is 42.1 Å². The molecule has 0 radical (unpaired) electrons. The van der Waals surface area contributed by atoms with Gasteiger partial charge in [0.15, 0.2) is 5.17 Å². The first-order valence-electron chi connectivity index (χ1n) is 8.54. The fraction of sp³-hybridized carbons (Fsp3) is 0.263. The first-order chi connectivity index (χ1) is 12.9. The molecule has 0 unspecified atom stereocenters. The zero-order valence-corrected chi connectivity index (χ0v) is 16.8. The predicted molar refractivity (Wildman–Crippen MR) is 109 cm³/mol. The number of amides is 1. The van der Waals surface area contributed by atoms with Crippen LogP contribution in [-0.4, -0.2) is 36.9 Å². The number of nitrogens with one attached hydrogen (secondary N) is 1. The number of carbonyl (C=O) groups is 1. The summed E-state index contributed by atoms with van der Waals surface area (Å²) in [6.45, 7) is 4.23. The van der Waals surface area contributed by atoms with E-state index in [9.17, 15) is 13.2 Å². The van der Waals surface area contributed by atoms with Crippen molar-refractivity contribution in [1.29, 1.82) is 0 Å². The van der Waals surface area contributed by atoms with Crippen LogP contribution < -0.4 is 5.32 Å². The lowest BCUT2D eigenvalue weighted by Crippen LogP contribution is -2.33. The average Bonchev–Trinajstić information content (AvgIpc) is 3.11. The first kappa shape index (κ1) is 19.4. The van der Waals surface area contributed by atoms with Crippen molar-refractivity contribution in [1.82, 2.24) is 4.31 Å². The smallest absolute Gasteiger partial charge is 0.265 e. The van der Waals surface area contributed by atoms with Gasteiger partial charge in [0.05, 0.1) is 18.0 Å². The molecule has 142 valence electrons. The molecule has 27 heavy (non-hydrogen) atoms. The summed E-state index contributed by atoms with van der Waals surface area (Å²) in [5.74, 6) is -0.203. The molecule has 6 nitrogen and oxygen atoms in total. The van der Waals surface area contributed by atoms with Crippen molar-refractivity contribution in [2.24, 2.45) is 4.99 Å². The Morgan fingerprint density at radius 1 is 1.15 bits per heavy atom. The van der Waals surface area contributed by atoms with Crippen molar-refractivity contribution in [3.05, 3.63) is 60.2 Å². The lowest BCUT2D eigenvalue weighted by molar-refractivity contribution is -0.114. The Bertz CT molecular complexity index is 942. The zero-order valence-electron chi connectivity index (χ0n) is 15.1. The highest BCUT2D eigenvalue weighted by atomic mass is 32.2. The summed E-state index contributed by atoms with van der Waals surface area (Å²) < 4.78 is 27.4. The maximum atomic E-state index is 13.0. The van der Waals surface area contributed by atoms with Crippen LogP contribution in [0.15, 0.2) is 64.5 Å². The van der Waals surface area contributed by atoms with Gasteiger partial charge in [0.2, 0.25) is 5.91 Å². The number of anilines is 1. The van der Waals surface area contributed by atoms with Gasteiger partial charge in [-0.3, -0.25) is 9.79 Å². The highest BCUT2D eigenvalue weighted by Crippen LogP contribution is 2.33. The third-order valence-electron chi connectivity index (χ3n) is 4.08. The summed E-state index contributed by atoms with van der Waals surface area (Å²) in [4.78, 5) is 15.7. The maximum Gasteiger partial charge on any atom is 0.265 e. The Morgan fingerprint density at radius 2 is 1.81 bits per heavy atom. The Kier molecular flexibility index (Phi) is 5.86. The molecule has 0 bridgehead atoms. The number of hydrogen-bond donors (Lipinski definition) is 1. The Balaban J connectivity index is 1.77. The van der Waals surface area contributed by atoms with Crippen molar-refractivity contribution < 1.29 is 13.2 Å². The number of rotatable bonds is 5. The van der Waals surface area contributed by atoms with Gasteiger partial charge in [-0.15, -0.1) is 0 Å². The molecule has 1 heterocycles. The Morgan fingerprint density at radius 3 is 2.44 bits per heavy atom. The number of amidine groups is 1. The van der Waals surface area contributed by atoms with Gasteiger partial charge >= 0.3 is 0 Å². The molecule has 0 spiro atoms. The van der Waals surface area contributed by atoms with Gasteiger partial charge in [0.1, 0.15) is 0 Å². The number of aliphatic imine (C=N–C) groups is 1. The van der Waals surface area contributed by atoms with Crippen molar-refractivity contribution in [2.45, 2.75) is 24.0 Å². The Labute approximate surface area is 163 Å². The molecule has 0 aromatic heterocycles. The first-order valence-corrected chi connectivity index (χ1v) is 10.9. The van der Waals surface area contributed by atoms with E-state index in [-0.39, 0.29) is 16.1 Å². The summed E-state index contributed by atoms with van der Waals surface area (Å²) in [7, 11) is -3.69. The minimum absolute atomic E-state index is 0.0860. The number of sulfonamides is 1. The zero-order chi connectivity index (χ0) is 19.4. The van der Waals surface area contributed by atoms with E-state index in [1.807, 2.05) is 37.3 Å². The largest absolute Gasteiger partial charge is 0.326 e. The second kappa shape index (κ2) is 8.14. The maximum absolute atomic E-state index is 13.0. The molecule has 0 saturated carbocycles. The van der Waals surface area contributed by atoms with E-state index in [4.69, 9.17) is 0 Å². The molecule has 3 rings (SSSR count). The monoisotopic (exact) mass is 403 g/mol. The number of nitrogens with zero attached hydrogens (tertiary/aromatic N) is 2. The fourth-order valence-electron chi connectivity index (χ4n) is 2.72. The molecular weight excluding hydrogens is 382 g/mol. The van der Waals surface area contributed by atoms with E-state index < -0.39 is 10.0 Å². The van der Waals surface area contributed by atoms with Crippen LogP contribution in [0, 0.1) is 0 Å². The van der Waals surface area contributed by atoms with Crippen LogP contribution in [0.25, 0.3) is 0 Å². The Hall–Kier alpha value is -2.32. The lowest BCUT2D eigenvalue weighted by Gasteiger charge is -2.22. The quantitative estimate of drug-likeness (QED) is 0.829. The molecule has 2 aromatic rings. The second-order valence-corrected chi connectivity index (χ2v) is 9.29. The summed E-state index contributed by atoms with van der Waals surface area (Å²) in [6, 6.07) is 16.1. The SMILES string of the molecule is CC(=O)Nc1ccc(S(=O)(=O)N2CCN=C2S[C@H](C)c2ccccc2)cc1. The molecule has 1 aliphatic heterocycles. The van der Waals surface area contributed by atoms with Gasteiger partial charge in [0, 0.05) is 17.9 Å². The van der Waals surface area contributed by atoms with Gasteiger partial charge < -0.3 is 5.32 Å². The molecule has 0 fully saturated rings. The highest BCUT2D eigenvalue weighted by molar-refractivity contribution is 8.15. The standard InChI is InChI=1S/C19H21N3O3S2/c1-14(16-6-4-3-5-7-16)26-19-20-12-13-22(19)27(24,25)18-10-8-17(9-11-18)21-15(2)23/h3-11,14H,12-13H2,1-2H3,(H,21,23)/t14-/m1/s1. The van der Waals surface area contributed by atoms with E-state index in [2.05, 4.69) is 10.3 Å². The predicted octanol–water partition coefficient (Wildman–Crippen LogP) is 3.50. The van der Waals surface area contributed by atoms with E-state index >= 15 is 0 Å². The summed E-state index contributed by atoms with van der Waals surface area (Å²) in [6.07, 6.45) is 0. The summed E-state index contributed by atoms with van der Waals surface area (Å²) >= 11 is 1.44. The number of thioether (sulfide) groups is 1. The van der Waals surface area contributed by atoms with Crippen LogP contribution in [0.1, 0.15) is 24.7 Å². The van der Waals surface area contributed by atoms with Crippen molar-refractivity contribution in [3.8, 4) is 0 Å². The number of hydrogen-bond acceptors (Lipinski definition) is 5. The van der Waals surface area contributed by atoms with Crippen LogP contribution in [0.2, 0.25) is 0 Å². The van der Waals surface area contributed by atoms with Crippen LogP contribution in [-0.2, 0) is 14.8 Å². The molecule has 8 heteroatoms. The van der Waals surface area contributed by atoms with E-state index in [0.717, 1.165) is 5.56 Å². The summed E-state index contributed by atoms with van der Waals surface area (Å²) in [5.41, 5.74) is 1.68. The highest BCUT2D eigenvalue weighted by Gasteiger charge is 2.32. The molecule has 2 aromatic carbocycles. The molecular formula is C19H21N3O3S2. The van der Waals surface area contributed by atoms with Crippen molar-refractivity contribution in [2.75, 3.05) is 18.4 Å². The lowest BCUT2D eigenvalue weighted by atomic mass is 10.2. The van der Waals surface area contributed by atoms with Crippen molar-refractivity contribution in [3.63, 3.8) is 0 Å². The molecule has 1 N–H and O–H groups in total. The van der Waals surface area contributed by atoms with Gasteiger partial charge in [-0.2, -0.15) is 0 Å².